The van der Waals surface area contributed by atoms with Crippen LogP contribution in [0.15, 0.2) is 18.2 Å². The van der Waals surface area contributed by atoms with Crippen molar-refractivity contribution in [1.29, 1.82) is 0 Å². The minimum absolute atomic E-state index is 0.0735. The quantitative estimate of drug-likeness (QED) is 0.832. The summed E-state index contributed by atoms with van der Waals surface area (Å²) >= 11 is 0. The van der Waals surface area contributed by atoms with E-state index in [9.17, 15) is 9.18 Å². The first kappa shape index (κ1) is 11.7. The van der Waals surface area contributed by atoms with Gasteiger partial charge in [0.25, 0.3) is 0 Å². The summed E-state index contributed by atoms with van der Waals surface area (Å²) < 4.78 is 18.3. The van der Waals surface area contributed by atoms with E-state index >= 15 is 0 Å². The van der Waals surface area contributed by atoms with E-state index in [0.29, 0.717) is 0 Å². The zero-order valence-electron chi connectivity index (χ0n) is 8.66. The van der Waals surface area contributed by atoms with Gasteiger partial charge < -0.3 is 9.84 Å². The molecule has 0 bridgehead atoms. The lowest BCUT2D eigenvalue weighted by molar-refractivity contribution is -0.150. The van der Waals surface area contributed by atoms with Gasteiger partial charge in [0.05, 0.1) is 0 Å². The fourth-order valence-corrected chi connectivity index (χ4v) is 1.32. The van der Waals surface area contributed by atoms with Crippen LogP contribution in [0.2, 0.25) is 0 Å². The second-order valence-electron chi connectivity index (χ2n) is 3.20. The van der Waals surface area contributed by atoms with Gasteiger partial charge in [0.15, 0.2) is 6.10 Å². The molecule has 0 aliphatic rings. The predicted molar refractivity (Wildman–Crippen MR) is 53.1 cm³/mol. The highest BCUT2D eigenvalue weighted by molar-refractivity contribution is 5.74. The highest BCUT2D eigenvalue weighted by Gasteiger charge is 2.23. The molecule has 1 N–H and O–H groups in total. The third kappa shape index (κ3) is 2.76. The minimum atomic E-state index is -1.23. The number of ether oxygens (including phenoxy) is 1. The number of hydrogen-bond acceptors (Lipinski definition) is 2. The topological polar surface area (TPSA) is 46.5 Å². The molecule has 1 rings (SSSR count). The molecule has 1 atom stereocenters. The van der Waals surface area contributed by atoms with Crippen LogP contribution < -0.4 is 0 Å². The van der Waals surface area contributed by atoms with E-state index in [-0.39, 0.29) is 12.2 Å². The van der Waals surface area contributed by atoms with E-state index in [0.717, 1.165) is 5.56 Å². The Morgan fingerprint density at radius 1 is 1.60 bits per heavy atom. The largest absolute Gasteiger partial charge is 0.479 e. The van der Waals surface area contributed by atoms with E-state index in [1.54, 1.807) is 19.9 Å². The van der Waals surface area contributed by atoms with Crippen LogP contribution in [0.1, 0.15) is 24.2 Å². The maximum absolute atomic E-state index is 13.4. The van der Waals surface area contributed by atoms with E-state index in [1.807, 2.05) is 0 Å². The van der Waals surface area contributed by atoms with Crippen molar-refractivity contribution in [2.24, 2.45) is 0 Å². The van der Waals surface area contributed by atoms with Crippen molar-refractivity contribution in [2.75, 3.05) is 6.61 Å². The van der Waals surface area contributed by atoms with Crippen LogP contribution in [-0.2, 0) is 9.53 Å². The molecular weight excluding hydrogens is 199 g/mol. The molecule has 82 valence electrons. The standard InChI is InChI=1S/C11H13FO3/c1-3-15-10(11(13)14)8-6-7(2)4-5-9(8)12/h4-6,10H,3H2,1-2H3,(H,13,14). The van der Waals surface area contributed by atoms with Gasteiger partial charge in [-0.25, -0.2) is 9.18 Å². The molecule has 1 aromatic rings. The van der Waals surface area contributed by atoms with Crippen molar-refractivity contribution in [3.63, 3.8) is 0 Å². The lowest BCUT2D eigenvalue weighted by atomic mass is 10.1. The van der Waals surface area contributed by atoms with E-state index in [2.05, 4.69) is 0 Å². The van der Waals surface area contributed by atoms with Crippen molar-refractivity contribution in [3.8, 4) is 0 Å². The molecule has 4 heteroatoms. The molecule has 0 heterocycles. The van der Waals surface area contributed by atoms with E-state index < -0.39 is 17.9 Å². The number of hydrogen-bond donors (Lipinski definition) is 1. The highest BCUT2D eigenvalue weighted by atomic mass is 19.1. The molecule has 1 aromatic carbocycles. The molecule has 1 unspecified atom stereocenters. The predicted octanol–water partition coefficient (Wildman–Crippen LogP) is 2.30. The summed E-state index contributed by atoms with van der Waals surface area (Å²) in [4.78, 5) is 10.9. The Morgan fingerprint density at radius 3 is 2.80 bits per heavy atom. The van der Waals surface area contributed by atoms with E-state index in [1.165, 1.54) is 12.1 Å². The first-order valence-electron chi connectivity index (χ1n) is 4.66. The maximum atomic E-state index is 13.4. The molecular formula is C11H13FO3. The SMILES string of the molecule is CCOC(C(=O)O)c1cc(C)ccc1F. The number of carbonyl (C=O) groups is 1. The summed E-state index contributed by atoms with van der Waals surface area (Å²) in [5, 5.41) is 8.88. The number of rotatable bonds is 4. The Hall–Kier alpha value is -1.42. The van der Waals surface area contributed by atoms with Gasteiger partial charge in [-0.2, -0.15) is 0 Å². The highest BCUT2D eigenvalue weighted by Crippen LogP contribution is 2.22. The Labute approximate surface area is 87.5 Å². The average Bonchev–Trinajstić information content (AvgIpc) is 2.18. The fourth-order valence-electron chi connectivity index (χ4n) is 1.32. The minimum Gasteiger partial charge on any atom is -0.479 e. The molecule has 3 nitrogen and oxygen atoms in total. The summed E-state index contributed by atoms with van der Waals surface area (Å²) in [6.07, 6.45) is -1.23. The molecule has 0 amide bonds. The lowest BCUT2D eigenvalue weighted by Gasteiger charge is -2.13. The van der Waals surface area contributed by atoms with Gasteiger partial charge in [-0.1, -0.05) is 11.6 Å². The van der Waals surface area contributed by atoms with Gasteiger partial charge in [-0.15, -0.1) is 0 Å². The van der Waals surface area contributed by atoms with Gasteiger partial charge in [0, 0.05) is 12.2 Å². The number of carboxylic acids is 1. The summed E-state index contributed by atoms with van der Waals surface area (Å²) in [6.45, 7) is 3.67. The summed E-state index contributed by atoms with van der Waals surface area (Å²) in [6, 6.07) is 4.33. The third-order valence-corrected chi connectivity index (χ3v) is 1.99. The number of aryl methyl sites for hydroxylation is 1. The van der Waals surface area contributed by atoms with Crippen LogP contribution in [0.25, 0.3) is 0 Å². The second-order valence-corrected chi connectivity index (χ2v) is 3.20. The molecule has 0 aliphatic heterocycles. The van der Waals surface area contributed by atoms with Crippen molar-refractivity contribution in [2.45, 2.75) is 20.0 Å². The van der Waals surface area contributed by atoms with Crippen LogP contribution in [0, 0.1) is 12.7 Å². The molecule has 0 saturated heterocycles. The first-order chi connectivity index (χ1) is 7.06. The number of benzene rings is 1. The summed E-state index contributed by atoms with van der Waals surface area (Å²) in [5.74, 6) is -1.73. The van der Waals surface area contributed by atoms with Crippen LogP contribution in [0.4, 0.5) is 4.39 Å². The Kier molecular flexibility index (Phi) is 3.80. The molecule has 0 aromatic heterocycles. The third-order valence-electron chi connectivity index (χ3n) is 1.99. The number of carboxylic acid groups (broad SMARTS) is 1. The van der Waals surface area contributed by atoms with Crippen LogP contribution >= 0.6 is 0 Å². The zero-order chi connectivity index (χ0) is 11.4. The van der Waals surface area contributed by atoms with Crippen molar-refractivity contribution < 1.29 is 19.0 Å². The lowest BCUT2D eigenvalue weighted by Crippen LogP contribution is -2.16. The number of halogens is 1. The molecule has 0 spiro atoms. The summed E-state index contributed by atoms with van der Waals surface area (Å²) in [7, 11) is 0. The summed E-state index contributed by atoms with van der Waals surface area (Å²) in [5.41, 5.74) is 0.877. The monoisotopic (exact) mass is 212 g/mol. The molecule has 0 aliphatic carbocycles. The van der Waals surface area contributed by atoms with Gasteiger partial charge in [-0.3, -0.25) is 0 Å². The smallest absolute Gasteiger partial charge is 0.337 e. The first-order valence-corrected chi connectivity index (χ1v) is 4.66. The molecule has 0 saturated carbocycles. The Balaban J connectivity index is 3.09. The van der Waals surface area contributed by atoms with Crippen LogP contribution in [-0.4, -0.2) is 17.7 Å². The number of aliphatic carboxylic acids is 1. The molecule has 0 radical (unpaired) electrons. The van der Waals surface area contributed by atoms with Crippen LogP contribution in [0.5, 0.6) is 0 Å². The van der Waals surface area contributed by atoms with Gasteiger partial charge in [0.1, 0.15) is 5.82 Å². The van der Waals surface area contributed by atoms with Gasteiger partial charge in [-0.05, 0) is 26.0 Å². The normalized spacial score (nSPS) is 12.5. The van der Waals surface area contributed by atoms with Crippen molar-refractivity contribution in [1.82, 2.24) is 0 Å². The van der Waals surface area contributed by atoms with Gasteiger partial charge in [0.2, 0.25) is 0 Å². The fraction of sp³-hybridized carbons (Fsp3) is 0.364. The van der Waals surface area contributed by atoms with Crippen molar-refractivity contribution in [3.05, 3.63) is 35.1 Å². The molecule has 0 fully saturated rings. The van der Waals surface area contributed by atoms with Crippen molar-refractivity contribution >= 4 is 5.97 Å². The van der Waals surface area contributed by atoms with E-state index in [4.69, 9.17) is 9.84 Å². The Morgan fingerprint density at radius 2 is 2.27 bits per heavy atom. The Bertz CT molecular complexity index is 363. The van der Waals surface area contributed by atoms with Crippen LogP contribution in [0.3, 0.4) is 0 Å². The second kappa shape index (κ2) is 4.89. The van der Waals surface area contributed by atoms with Gasteiger partial charge >= 0.3 is 5.97 Å². The molecule has 15 heavy (non-hydrogen) atoms. The zero-order valence-corrected chi connectivity index (χ0v) is 8.66. The average molecular weight is 212 g/mol. The maximum Gasteiger partial charge on any atom is 0.337 e.